The van der Waals surface area contributed by atoms with E-state index in [0.29, 0.717) is 12.2 Å². The minimum atomic E-state index is 0.0667. The lowest BCUT2D eigenvalue weighted by molar-refractivity contribution is -0.117. The van der Waals surface area contributed by atoms with Crippen LogP contribution in [0.1, 0.15) is 12.2 Å². The first kappa shape index (κ1) is 13.0. The quantitative estimate of drug-likeness (QED) is 0.862. The Morgan fingerprint density at radius 1 is 1.50 bits per heavy atom. The summed E-state index contributed by atoms with van der Waals surface area (Å²) in [5.41, 5.74) is 2.86. The minimum absolute atomic E-state index is 0.0667. The van der Waals surface area contributed by atoms with Crippen LogP contribution in [0, 0.1) is 6.92 Å². The molecule has 1 heterocycles. The molecule has 1 aromatic carbocycles. The summed E-state index contributed by atoms with van der Waals surface area (Å²) >= 11 is 4.08. The zero-order chi connectivity index (χ0) is 13.3. The molecular formula is C13H17N3OS. The van der Waals surface area contributed by atoms with E-state index in [1.54, 1.807) is 11.9 Å². The van der Waals surface area contributed by atoms with Crippen molar-refractivity contribution in [3.05, 3.63) is 24.0 Å². The summed E-state index contributed by atoms with van der Waals surface area (Å²) in [5, 5.41) is 0. The highest BCUT2D eigenvalue weighted by Gasteiger charge is 2.12. The molecule has 0 aliphatic carbocycles. The Balaban J connectivity index is 2.38. The van der Waals surface area contributed by atoms with Crippen LogP contribution in [0.25, 0.3) is 11.0 Å². The number of nitrogens with zero attached hydrogens (tertiary/aromatic N) is 3. The van der Waals surface area contributed by atoms with Gasteiger partial charge in [-0.25, -0.2) is 4.98 Å². The molecule has 0 atom stereocenters. The van der Waals surface area contributed by atoms with Crippen LogP contribution in [-0.4, -0.2) is 28.3 Å². The van der Waals surface area contributed by atoms with Crippen molar-refractivity contribution < 1.29 is 4.79 Å². The Morgan fingerprint density at radius 3 is 2.89 bits per heavy atom. The van der Waals surface area contributed by atoms with E-state index in [9.17, 15) is 4.79 Å². The molecule has 96 valence electrons. The topological polar surface area (TPSA) is 38.1 Å². The fourth-order valence-electron chi connectivity index (χ4n) is 1.92. The van der Waals surface area contributed by atoms with Crippen LogP contribution < -0.4 is 4.90 Å². The van der Waals surface area contributed by atoms with Crippen molar-refractivity contribution in [2.45, 2.75) is 13.3 Å². The number of amides is 1. The second kappa shape index (κ2) is 5.02. The number of carbonyl (C=O) groups excluding carboxylic acids is 1. The van der Waals surface area contributed by atoms with Gasteiger partial charge in [0, 0.05) is 26.2 Å². The second-order valence-electron chi connectivity index (χ2n) is 4.32. The Morgan fingerprint density at radius 2 is 2.22 bits per heavy atom. The van der Waals surface area contributed by atoms with Crippen molar-refractivity contribution in [3.63, 3.8) is 0 Å². The van der Waals surface area contributed by atoms with E-state index in [-0.39, 0.29) is 5.91 Å². The van der Waals surface area contributed by atoms with Gasteiger partial charge in [-0.2, -0.15) is 12.6 Å². The van der Waals surface area contributed by atoms with Gasteiger partial charge in [-0.3, -0.25) is 4.79 Å². The molecule has 0 saturated heterocycles. The van der Waals surface area contributed by atoms with Crippen LogP contribution in [0.4, 0.5) is 5.69 Å². The third-order valence-electron chi connectivity index (χ3n) is 3.18. The molecule has 0 spiro atoms. The lowest BCUT2D eigenvalue weighted by atomic mass is 10.2. The Kier molecular flexibility index (Phi) is 3.61. The molecule has 0 aliphatic rings. The molecule has 0 radical (unpaired) electrons. The molecule has 0 saturated carbocycles. The number of aryl methyl sites for hydroxylation is 2. The van der Waals surface area contributed by atoms with Crippen molar-refractivity contribution >= 4 is 35.3 Å². The molecule has 1 amide bonds. The van der Waals surface area contributed by atoms with Crippen molar-refractivity contribution in [1.29, 1.82) is 0 Å². The number of fused-ring (bicyclic) bond motifs is 1. The average Bonchev–Trinajstić information content (AvgIpc) is 2.64. The largest absolute Gasteiger partial charge is 0.331 e. The molecule has 4 nitrogen and oxygen atoms in total. The highest BCUT2D eigenvalue weighted by Crippen LogP contribution is 2.22. The van der Waals surface area contributed by atoms with Gasteiger partial charge in [-0.05, 0) is 30.9 Å². The third kappa shape index (κ3) is 2.22. The number of aromatic nitrogens is 2. The number of thiol groups is 1. The van der Waals surface area contributed by atoms with Gasteiger partial charge >= 0.3 is 0 Å². The maximum Gasteiger partial charge on any atom is 0.227 e. The molecular weight excluding hydrogens is 246 g/mol. The molecule has 0 N–H and O–H groups in total. The van der Waals surface area contributed by atoms with Gasteiger partial charge in [0.2, 0.25) is 5.91 Å². The normalized spacial score (nSPS) is 10.9. The van der Waals surface area contributed by atoms with Gasteiger partial charge in [-0.15, -0.1) is 0 Å². The van der Waals surface area contributed by atoms with Gasteiger partial charge in [0.1, 0.15) is 5.82 Å². The van der Waals surface area contributed by atoms with E-state index < -0.39 is 0 Å². The first-order valence-corrected chi connectivity index (χ1v) is 6.48. The highest BCUT2D eigenvalue weighted by atomic mass is 32.1. The molecule has 18 heavy (non-hydrogen) atoms. The first-order chi connectivity index (χ1) is 8.54. The summed E-state index contributed by atoms with van der Waals surface area (Å²) in [7, 11) is 3.77. The summed E-state index contributed by atoms with van der Waals surface area (Å²) in [4.78, 5) is 17.9. The van der Waals surface area contributed by atoms with Gasteiger partial charge in [0.05, 0.1) is 11.0 Å². The number of hydrogen-bond acceptors (Lipinski definition) is 3. The first-order valence-electron chi connectivity index (χ1n) is 5.85. The highest BCUT2D eigenvalue weighted by molar-refractivity contribution is 7.80. The predicted octanol–water partition coefficient (Wildman–Crippen LogP) is 2.16. The Hall–Kier alpha value is -1.49. The molecule has 0 unspecified atom stereocenters. The van der Waals surface area contributed by atoms with Crippen LogP contribution >= 0.6 is 12.6 Å². The Labute approximate surface area is 112 Å². The van der Waals surface area contributed by atoms with Crippen LogP contribution in [0.5, 0.6) is 0 Å². The summed E-state index contributed by atoms with van der Waals surface area (Å²) in [6.45, 7) is 1.97. The van der Waals surface area contributed by atoms with Gasteiger partial charge in [0.15, 0.2) is 0 Å². The van der Waals surface area contributed by atoms with Crippen LogP contribution in [0.2, 0.25) is 0 Å². The molecule has 0 fully saturated rings. The lowest BCUT2D eigenvalue weighted by Crippen LogP contribution is -2.26. The maximum atomic E-state index is 11.8. The van der Waals surface area contributed by atoms with Crippen LogP contribution in [-0.2, 0) is 11.8 Å². The number of hydrogen-bond donors (Lipinski definition) is 1. The fraction of sp³-hybridized carbons (Fsp3) is 0.385. The smallest absolute Gasteiger partial charge is 0.227 e. The second-order valence-corrected chi connectivity index (χ2v) is 4.76. The molecule has 0 aliphatic heterocycles. The van der Waals surface area contributed by atoms with E-state index in [4.69, 9.17) is 0 Å². The van der Waals surface area contributed by atoms with Gasteiger partial charge in [0.25, 0.3) is 0 Å². The van der Waals surface area contributed by atoms with Gasteiger partial charge < -0.3 is 9.47 Å². The van der Waals surface area contributed by atoms with E-state index in [0.717, 1.165) is 22.5 Å². The molecule has 5 heteroatoms. The number of benzene rings is 1. The zero-order valence-corrected chi connectivity index (χ0v) is 11.7. The van der Waals surface area contributed by atoms with E-state index in [1.807, 2.05) is 36.7 Å². The molecule has 2 aromatic rings. The summed E-state index contributed by atoms with van der Waals surface area (Å²) in [6, 6.07) is 5.88. The monoisotopic (exact) mass is 263 g/mol. The van der Waals surface area contributed by atoms with Crippen molar-refractivity contribution in [3.8, 4) is 0 Å². The maximum absolute atomic E-state index is 11.8. The van der Waals surface area contributed by atoms with E-state index in [2.05, 4.69) is 17.6 Å². The molecule has 1 aromatic heterocycles. The standard InChI is InChI=1S/C13H17N3OS/c1-9-14-11-8-10(4-5-12(11)15(9)2)16(3)13(17)6-7-18/h4-5,8,18H,6-7H2,1-3H3. The average molecular weight is 263 g/mol. The zero-order valence-electron chi connectivity index (χ0n) is 10.8. The van der Waals surface area contributed by atoms with Crippen LogP contribution in [0.3, 0.4) is 0 Å². The van der Waals surface area contributed by atoms with Crippen molar-refractivity contribution in [2.75, 3.05) is 17.7 Å². The summed E-state index contributed by atoms with van der Waals surface area (Å²) in [5.74, 6) is 1.59. The minimum Gasteiger partial charge on any atom is -0.331 e. The van der Waals surface area contributed by atoms with Gasteiger partial charge in [-0.1, -0.05) is 0 Å². The number of carbonyl (C=O) groups is 1. The third-order valence-corrected chi connectivity index (χ3v) is 3.40. The van der Waals surface area contributed by atoms with E-state index >= 15 is 0 Å². The molecule has 0 bridgehead atoms. The van der Waals surface area contributed by atoms with E-state index in [1.165, 1.54) is 0 Å². The number of anilines is 1. The Bertz CT molecular complexity index is 591. The summed E-state index contributed by atoms with van der Waals surface area (Å²) < 4.78 is 2.04. The predicted molar refractivity (Wildman–Crippen MR) is 77.3 cm³/mol. The lowest BCUT2D eigenvalue weighted by Gasteiger charge is -2.16. The fourth-order valence-corrected chi connectivity index (χ4v) is 2.12. The summed E-state index contributed by atoms with van der Waals surface area (Å²) in [6.07, 6.45) is 0.443. The van der Waals surface area contributed by atoms with Crippen molar-refractivity contribution in [1.82, 2.24) is 9.55 Å². The van der Waals surface area contributed by atoms with Crippen molar-refractivity contribution in [2.24, 2.45) is 7.05 Å². The number of imidazole rings is 1. The van der Waals surface area contributed by atoms with Crippen LogP contribution in [0.15, 0.2) is 18.2 Å². The number of rotatable bonds is 3. The SMILES string of the molecule is Cc1nc2cc(N(C)C(=O)CCS)ccc2n1C. The molecule has 2 rings (SSSR count).